The first-order valence-corrected chi connectivity index (χ1v) is 13.1. The number of aliphatic imine (C=N–C) groups is 1. The summed E-state index contributed by atoms with van der Waals surface area (Å²) in [6.07, 6.45) is 13.1. The van der Waals surface area contributed by atoms with Gasteiger partial charge in [-0.25, -0.2) is 4.79 Å². The van der Waals surface area contributed by atoms with E-state index in [-0.39, 0.29) is 31.3 Å². The van der Waals surface area contributed by atoms with Crippen molar-refractivity contribution < 1.29 is 29.0 Å². The molecule has 0 rings (SSSR count). The van der Waals surface area contributed by atoms with E-state index in [2.05, 4.69) is 17.2 Å². The molecule has 0 fully saturated rings. The average molecular weight is 501 g/mol. The van der Waals surface area contributed by atoms with Crippen molar-refractivity contribution >= 4 is 23.8 Å². The van der Waals surface area contributed by atoms with E-state index in [1.807, 2.05) is 0 Å². The number of guanidine groups is 1. The number of amides is 1. The monoisotopic (exact) mass is 500 g/mol. The van der Waals surface area contributed by atoms with Crippen LogP contribution in [-0.4, -0.2) is 60.8 Å². The highest BCUT2D eigenvalue weighted by atomic mass is 16.6. The van der Waals surface area contributed by atoms with Crippen LogP contribution in [0.1, 0.15) is 104 Å². The number of esters is 2. The Labute approximate surface area is 210 Å². The predicted octanol–water partition coefficient (Wildman–Crippen LogP) is 2.69. The minimum atomic E-state index is -0.946. The number of hydrogen-bond donors (Lipinski definition) is 4. The minimum Gasteiger partial charge on any atom is -0.460 e. The van der Waals surface area contributed by atoms with Gasteiger partial charge >= 0.3 is 11.9 Å². The molecule has 0 saturated heterocycles. The molecule has 0 spiro atoms. The van der Waals surface area contributed by atoms with Gasteiger partial charge in [-0.1, -0.05) is 71.1 Å². The van der Waals surface area contributed by atoms with Crippen LogP contribution >= 0.6 is 0 Å². The van der Waals surface area contributed by atoms with E-state index in [4.69, 9.17) is 20.9 Å². The van der Waals surface area contributed by atoms with Gasteiger partial charge in [-0.05, 0) is 19.3 Å². The van der Waals surface area contributed by atoms with Crippen LogP contribution in [0.25, 0.3) is 0 Å². The van der Waals surface area contributed by atoms with Crippen molar-refractivity contribution in [2.24, 2.45) is 16.5 Å². The van der Waals surface area contributed by atoms with Gasteiger partial charge in [0.25, 0.3) is 0 Å². The molecule has 0 aliphatic heterocycles. The second-order valence-corrected chi connectivity index (χ2v) is 8.91. The molecule has 6 N–H and O–H groups in total. The third-order valence-corrected chi connectivity index (χ3v) is 5.50. The molecule has 0 aliphatic carbocycles. The molecule has 204 valence electrons. The fourth-order valence-electron chi connectivity index (χ4n) is 3.58. The van der Waals surface area contributed by atoms with Gasteiger partial charge < -0.3 is 31.4 Å². The van der Waals surface area contributed by atoms with Crippen LogP contribution in [-0.2, 0) is 23.9 Å². The quantitative estimate of drug-likeness (QED) is 0.0762. The largest absolute Gasteiger partial charge is 0.460 e. The van der Waals surface area contributed by atoms with Crippen LogP contribution in [0.15, 0.2) is 4.99 Å². The Morgan fingerprint density at radius 1 is 0.914 bits per heavy atom. The first kappa shape index (κ1) is 32.6. The first-order chi connectivity index (χ1) is 16.8. The average Bonchev–Trinajstić information content (AvgIpc) is 2.81. The van der Waals surface area contributed by atoms with Crippen molar-refractivity contribution in [3.63, 3.8) is 0 Å². The van der Waals surface area contributed by atoms with Gasteiger partial charge in [-0.2, -0.15) is 0 Å². The number of carbonyl (C=O) groups excluding carboxylic acids is 3. The SMILES string of the molecule is CCCCCCCCCCCCCC(=O)O[C@H](CO)COC(=O)[C@H](CCCN=C(N)N)NC(C)=O. The number of ether oxygens (including phenoxy) is 2. The fourth-order valence-corrected chi connectivity index (χ4v) is 3.58. The molecule has 2 atom stereocenters. The van der Waals surface area contributed by atoms with E-state index in [0.29, 0.717) is 13.0 Å². The Balaban J connectivity index is 4.10. The summed E-state index contributed by atoms with van der Waals surface area (Å²) in [5, 5.41) is 12.0. The lowest BCUT2D eigenvalue weighted by molar-refractivity contribution is -0.162. The summed E-state index contributed by atoms with van der Waals surface area (Å²) >= 11 is 0. The second kappa shape index (κ2) is 22.1. The van der Waals surface area contributed by atoms with Gasteiger partial charge in [-0.3, -0.25) is 14.6 Å². The van der Waals surface area contributed by atoms with Crippen LogP contribution in [0, 0.1) is 0 Å². The zero-order valence-corrected chi connectivity index (χ0v) is 21.8. The molecule has 0 bridgehead atoms. The van der Waals surface area contributed by atoms with Gasteiger partial charge in [0.15, 0.2) is 12.1 Å². The molecular formula is C25H48N4O6. The zero-order chi connectivity index (χ0) is 26.3. The molecule has 35 heavy (non-hydrogen) atoms. The molecule has 0 radical (unpaired) electrons. The van der Waals surface area contributed by atoms with E-state index >= 15 is 0 Å². The number of carbonyl (C=O) groups is 3. The Bertz CT molecular complexity index is 611. The number of aliphatic hydroxyl groups is 1. The van der Waals surface area contributed by atoms with Crippen molar-refractivity contribution in [2.75, 3.05) is 19.8 Å². The van der Waals surface area contributed by atoms with E-state index < -0.39 is 30.7 Å². The maximum atomic E-state index is 12.4. The molecule has 0 aromatic rings. The lowest BCUT2D eigenvalue weighted by Gasteiger charge is -2.19. The van der Waals surface area contributed by atoms with E-state index in [1.165, 1.54) is 58.3 Å². The smallest absolute Gasteiger partial charge is 0.328 e. The summed E-state index contributed by atoms with van der Waals surface area (Å²) in [4.78, 5) is 39.6. The lowest BCUT2D eigenvalue weighted by atomic mass is 10.1. The molecule has 0 aliphatic rings. The lowest BCUT2D eigenvalue weighted by Crippen LogP contribution is -2.42. The highest BCUT2D eigenvalue weighted by Gasteiger charge is 2.23. The van der Waals surface area contributed by atoms with Gasteiger partial charge in [0.2, 0.25) is 5.91 Å². The summed E-state index contributed by atoms with van der Waals surface area (Å²) in [5.41, 5.74) is 10.5. The molecular weight excluding hydrogens is 452 g/mol. The molecule has 0 aromatic carbocycles. The Morgan fingerprint density at radius 3 is 2.00 bits per heavy atom. The molecule has 0 aromatic heterocycles. The molecule has 1 amide bonds. The first-order valence-electron chi connectivity index (χ1n) is 13.1. The van der Waals surface area contributed by atoms with E-state index in [9.17, 15) is 19.5 Å². The van der Waals surface area contributed by atoms with Crippen molar-refractivity contribution in [2.45, 2.75) is 116 Å². The van der Waals surface area contributed by atoms with Crippen molar-refractivity contribution in [3.8, 4) is 0 Å². The highest BCUT2D eigenvalue weighted by Crippen LogP contribution is 2.12. The number of aliphatic hydroxyl groups excluding tert-OH is 1. The van der Waals surface area contributed by atoms with E-state index in [0.717, 1.165) is 19.3 Å². The van der Waals surface area contributed by atoms with Crippen LogP contribution in [0.4, 0.5) is 0 Å². The van der Waals surface area contributed by atoms with Crippen LogP contribution in [0.2, 0.25) is 0 Å². The third kappa shape index (κ3) is 20.7. The highest BCUT2D eigenvalue weighted by molar-refractivity contribution is 5.83. The van der Waals surface area contributed by atoms with Gasteiger partial charge in [0.1, 0.15) is 12.6 Å². The Kier molecular flexibility index (Phi) is 20.6. The Hall–Kier alpha value is -2.36. The van der Waals surface area contributed by atoms with Crippen molar-refractivity contribution in [1.29, 1.82) is 0 Å². The van der Waals surface area contributed by atoms with Crippen LogP contribution in [0.5, 0.6) is 0 Å². The van der Waals surface area contributed by atoms with Gasteiger partial charge in [0, 0.05) is 19.9 Å². The second-order valence-electron chi connectivity index (χ2n) is 8.91. The van der Waals surface area contributed by atoms with E-state index in [1.54, 1.807) is 0 Å². The number of nitrogens with one attached hydrogen (secondary N) is 1. The fraction of sp³-hybridized carbons (Fsp3) is 0.840. The molecule has 0 saturated carbocycles. The normalized spacial score (nSPS) is 12.4. The van der Waals surface area contributed by atoms with Crippen LogP contribution < -0.4 is 16.8 Å². The number of nitrogens with zero attached hydrogens (tertiary/aromatic N) is 1. The van der Waals surface area contributed by atoms with Crippen molar-refractivity contribution in [1.82, 2.24) is 5.32 Å². The summed E-state index contributed by atoms with van der Waals surface area (Å²) in [5.74, 6) is -1.54. The third-order valence-electron chi connectivity index (χ3n) is 5.50. The number of rotatable bonds is 22. The van der Waals surface area contributed by atoms with Gasteiger partial charge in [0.05, 0.1) is 6.61 Å². The molecule has 10 heteroatoms. The topological polar surface area (TPSA) is 166 Å². The molecule has 0 heterocycles. The molecule has 0 unspecified atom stereocenters. The summed E-state index contributed by atoms with van der Waals surface area (Å²) < 4.78 is 10.4. The molecule has 10 nitrogen and oxygen atoms in total. The van der Waals surface area contributed by atoms with Gasteiger partial charge in [-0.15, -0.1) is 0 Å². The maximum Gasteiger partial charge on any atom is 0.328 e. The standard InChI is InChI=1S/C25H48N4O6/c1-3-4-5-6-7-8-9-10-11-12-13-16-23(32)35-21(18-30)19-34-24(33)22(29-20(2)31)15-14-17-28-25(26)27/h21-22,30H,3-19H2,1-2H3,(H,29,31)(H4,26,27,28)/t21-,22+/m1/s1. The summed E-state index contributed by atoms with van der Waals surface area (Å²) in [6.45, 7) is 3.07. The zero-order valence-electron chi connectivity index (χ0n) is 21.8. The number of unbranched alkanes of at least 4 members (excludes halogenated alkanes) is 10. The minimum absolute atomic E-state index is 0.0515. The maximum absolute atomic E-state index is 12.4. The van der Waals surface area contributed by atoms with Crippen LogP contribution in [0.3, 0.4) is 0 Å². The Morgan fingerprint density at radius 2 is 1.49 bits per heavy atom. The number of nitrogens with two attached hydrogens (primary N) is 2. The van der Waals surface area contributed by atoms with Crippen molar-refractivity contribution in [3.05, 3.63) is 0 Å². The predicted molar refractivity (Wildman–Crippen MR) is 137 cm³/mol. The summed E-state index contributed by atoms with van der Waals surface area (Å²) in [7, 11) is 0. The number of hydrogen-bond acceptors (Lipinski definition) is 7. The summed E-state index contributed by atoms with van der Waals surface area (Å²) in [6, 6.07) is -0.881.